The molecule has 0 radical (unpaired) electrons. The van der Waals surface area contributed by atoms with Crippen LogP contribution in [0.15, 0.2) is 77.7 Å². The van der Waals surface area contributed by atoms with Crippen LogP contribution in [0, 0.1) is 11.8 Å². The summed E-state index contributed by atoms with van der Waals surface area (Å²) in [5.41, 5.74) is 0.871. The van der Waals surface area contributed by atoms with Gasteiger partial charge in [-0.3, -0.25) is 14.5 Å². The largest absolute Gasteiger partial charge is 0.497 e. The summed E-state index contributed by atoms with van der Waals surface area (Å²) in [6.45, 7) is 8.99. The molecule has 0 aliphatic heterocycles. The van der Waals surface area contributed by atoms with Gasteiger partial charge in [0.15, 0.2) is 5.78 Å². The second-order valence-electron chi connectivity index (χ2n) is 16.1. The topological polar surface area (TPSA) is 134 Å². The second-order valence-corrected chi connectivity index (χ2v) is 18.0. The zero-order valence-corrected chi connectivity index (χ0v) is 34.5. The van der Waals surface area contributed by atoms with E-state index in [1.807, 2.05) is 44.2 Å². The van der Waals surface area contributed by atoms with E-state index >= 15 is 0 Å². The lowest BCUT2D eigenvalue weighted by Crippen LogP contribution is -2.43. The smallest absolute Gasteiger partial charge is 0.414 e. The average Bonchev–Trinajstić information content (AvgIpc) is 3.16. The molecule has 3 aromatic carbocycles. The first-order chi connectivity index (χ1) is 25.9. The summed E-state index contributed by atoms with van der Waals surface area (Å²) in [7, 11) is 0.782. The molecule has 3 aromatic rings. The van der Waals surface area contributed by atoms with Crippen LogP contribution < -0.4 is 9.64 Å². The van der Waals surface area contributed by atoms with Crippen molar-refractivity contribution in [1.82, 2.24) is 9.21 Å². The molecule has 0 spiro atoms. The maximum Gasteiger partial charge on any atom is 0.414 e. The number of benzene rings is 3. The first-order valence-corrected chi connectivity index (χ1v) is 20.6. The Morgan fingerprint density at radius 3 is 2.07 bits per heavy atom. The number of methoxy groups -OCH3 is 1. The highest BCUT2D eigenvalue weighted by atomic mass is 32.2. The molecule has 1 aliphatic rings. The SMILES string of the molecule is COc1ccc(S(=O)(=O)N(CC(C)C)C[C@@H](O)[C@@H](CC(=O)c2cc(C(=O)N(C)C3CCCCC3)cc(N(C)C(=O)OC(C)(C)C)c2)Cc2ccccc2)cc1. The Morgan fingerprint density at radius 2 is 1.49 bits per heavy atom. The van der Waals surface area contributed by atoms with Gasteiger partial charge in [-0.05, 0) is 99.9 Å². The number of nitrogens with zero attached hydrogens (tertiary/aromatic N) is 3. The summed E-state index contributed by atoms with van der Waals surface area (Å²) in [6, 6.07) is 20.3. The molecule has 1 N–H and O–H groups in total. The van der Waals surface area contributed by atoms with Crippen LogP contribution in [0.5, 0.6) is 5.75 Å². The van der Waals surface area contributed by atoms with Crippen molar-refractivity contribution in [2.24, 2.45) is 11.8 Å². The summed E-state index contributed by atoms with van der Waals surface area (Å²) < 4.78 is 40.0. The quantitative estimate of drug-likeness (QED) is 0.147. The fourth-order valence-electron chi connectivity index (χ4n) is 6.91. The summed E-state index contributed by atoms with van der Waals surface area (Å²) >= 11 is 0. The van der Waals surface area contributed by atoms with Crippen LogP contribution >= 0.6 is 0 Å². The maximum absolute atomic E-state index is 14.4. The first kappa shape index (κ1) is 43.5. The van der Waals surface area contributed by atoms with Crippen molar-refractivity contribution in [3.05, 3.63) is 89.5 Å². The third kappa shape index (κ3) is 12.1. The number of anilines is 1. The lowest BCUT2D eigenvalue weighted by atomic mass is 9.87. The molecule has 1 fully saturated rings. The third-order valence-electron chi connectivity index (χ3n) is 9.97. The summed E-state index contributed by atoms with van der Waals surface area (Å²) in [4.78, 5) is 44.7. The summed E-state index contributed by atoms with van der Waals surface area (Å²) in [5.74, 6) is -0.854. The molecule has 0 bridgehead atoms. The van der Waals surface area contributed by atoms with Crippen LogP contribution in [-0.2, 0) is 21.2 Å². The van der Waals surface area contributed by atoms with Gasteiger partial charge in [0.1, 0.15) is 11.4 Å². The number of hydrogen-bond donors (Lipinski definition) is 1. The molecule has 55 heavy (non-hydrogen) atoms. The van der Waals surface area contributed by atoms with Crippen LogP contribution in [0.2, 0.25) is 0 Å². The van der Waals surface area contributed by atoms with Gasteiger partial charge in [-0.2, -0.15) is 4.31 Å². The average molecular weight is 778 g/mol. The zero-order valence-electron chi connectivity index (χ0n) is 33.7. The van der Waals surface area contributed by atoms with Gasteiger partial charge in [0.05, 0.1) is 18.1 Å². The molecule has 2 atom stereocenters. The Kier molecular flexibility index (Phi) is 15.1. The van der Waals surface area contributed by atoms with Gasteiger partial charge in [0.25, 0.3) is 5.91 Å². The summed E-state index contributed by atoms with van der Waals surface area (Å²) in [5, 5.41) is 11.9. The van der Waals surface area contributed by atoms with E-state index in [0.29, 0.717) is 17.9 Å². The molecule has 0 aromatic heterocycles. The maximum atomic E-state index is 14.4. The van der Waals surface area contributed by atoms with E-state index in [-0.39, 0.29) is 59.2 Å². The van der Waals surface area contributed by atoms with Gasteiger partial charge >= 0.3 is 6.09 Å². The Bertz CT molecular complexity index is 1850. The minimum atomic E-state index is -4.03. The molecule has 2 amide bonds. The van der Waals surface area contributed by atoms with Gasteiger partial charge < -0.3 is 19.5 Å². The van der Waals surface area contributed by atoms with Crippen molar-refractivity contribution in [2.45, 2.75) is 102 Å². The van der Waals surface area contributed by atoms with Gasteiger partial charge in [0, 0.05) is 56.5 Å². The monoisotopic (exact) mass is 777 g/mol. The molecule has 0 unspecified atom stereocenters. The molecule has 0 heterocycles. The number of rotatable bonds is 16. The van der Waals surface area contributed by atoms with E-state index in [0.717, 1.165) is 37.7 Å². The van der Waals surface area contributed by atoms with Gasteiger partial charge in [-0.1, -0.05) is 63.4 Å². The van der Waals surface area contributed by atoms with Crippen LogP contribution in [0.25, 0.3) is 0 Å². The number of ketones is 1. The van der Waals surface area contributed by atoms with E-state index in [4.69, 9.17) is 9.47 Å². The van der Waals surface area contributed by atoms with Gasteiger partial charge in [-0.15, -0.1) is 0 Å². The normalized spacial score (nSPS) is 15.0. The lowest BCUT2D eigenvalue weighted by Gasteiger charge is -2.32. The zero-order chi connectivity index (χ0) is 40.5. The van der Waals surface area contributed by atoms with E-state index in [1.54, 1.807) is 63.1 Å². The van der Waals surface area contributed by atoms with E-state index in [9.17, 15) is 27.9 Å². The van der Waals surface area contributed by atoms with Crippen molar-refractivity contribution < 1.29 is 37.4 Å². The number of Topliss-reactive ketones (excluding diaryl/α,β-unsaturated/α-hetero) is 1. The Hall–Kier alpha value is -4.26. The number of carbonyl (C=O) groups is 3. The number of aliphatic hydroxyl groups is 1. The molecule has 11 nitrogen and oxygen atoms in total. The molecule has 1 saturated carbocycles. The van der Waals surface area contributed by atoms with Crippen molar-refractivity contribution in [2.75, 3.05) is 39.2 Å². The molecular weight excluding hydrogens is 719 g/mol. The van der Waals surface area contributed by atoms with Crippen LogP contribution in [0.3, 0.4) is 0 Å². The second kappa shape index (κ2) is 19.1. The van der Waals surface area contributed by atoms with Crippen LogP contribution in [0.1, 0.15) is 99.4 Å². The molecule has 0 saturated heterocycles. The number of hydrogen-bond acceptors (Lipinski definition) is 8. The van der Waals surface area contributed by atoms with Gasteiger partial charge in [-0.25, -0.2) is 13.2 Å². The van der Waals surface area contributed by atoms with E-state index in [2.05, 4.69) is 0 Å². The van der Waals surface area contributed by atoms with Crippen LogP contribution in [-0.4, -0.2) is 92.6 Å². The predicted molar refractivity (Wildman–Crippen MR) is 215 cm³/mol. The predicted octanol–water partition coefficient (Wildman–Crippen LogP) is 7.61. The van der Waals surface area contributed by atoms with Gasteiger partial charge in [0.2, 0.25) is 10.0 Å². The molecule has 12 heteroatoms. The number of aliphatic hydroxyl groups excluding tert-OH is 1. The fourth-order valence-corrected chi connectivity index (χ4v) is 8.53. The Balaban J connectivity index is 1.71. The summed E-state index contributed by atoms with van der Waals surface area (Å²) in [6.07, 6.45) is 3.26. The molecule has 4 rings (SSSR count). The highest BCUT2D eigenvalue weighted by Crippen LogP contribution is 2.29. The fraction of sp³-hybridized carbons (Fsp3) is 0.512. The Morgan fingerprint density at radius 1 is 0.873 bits per heavy atom. The van der Waals surface area contributed by atoms with Crippen LogP contribution in [0.4, 0.5) is 10.5 Å². The standard InChI is InChI=1S/C43H59N3O8S/c1-30(2)28-46(55(51,52)38-21-19-37(53-8)20-22-38)29-40(48)32(23-31-15-11-9-12-16-31)27-39(47)33-24-34(41(49)44(6)35-17-13-10-14-18-35)26-36(25-33)45(7)42(50)54-43(3,4)5/h9,11-12,15-16,19-22,24-26,30,32,35,40,48H,10,13-14,17-18,23,27-29H2,1-8H3/t32-,40-/m1/s1. The van der Waals surface area contributed by atoms with Crippen molar-refractivity contribution in [3.63, 3.8) is 0 Å². The number of sulfonamides is 1. The van der Waals surface area contributed by atoms with Crippen molar-refractivity contribution in [3.8, 4) is 5.75 Å². The number of carbonyl (C=O) groups excluding carboxylic acids is 3. The highest BCUT2D eigenvalue weighted by molar-refractivity contribution is 7.89. The van der Waals surface area contributed by atoms with E-state index < -0.39 is 33.7 Å². The van der Waals surface area contributed by atoms with E-state index in [1.165, 1.54) is 35.5 Å². The minimum Gasteiger partial charge on any atom is -0.497 e. The first-order valence-electron chi connectivity index (χ1n) is 19.2. The minimum absolute atomic E-state index is 0.0539. The lowest BCUT2D eigenvalue weighted by molar-refractivity contribution is 0.0587. The third-order valence-corrected chi connectivity index (χ3v) is 11.8. The molecule has 300 valence electrons. The highest BCUT2D eigenvalue weighted by Gasteiger charge is 2.33. The number of ether oxygens (including phenoxy) is 2. The molecular formula is C43H59N3O8S. The van der Waals surface area contributed by atoms with Crippen molar-refractivity contribution >= 4 is 33.5 Å². The molecule has 1 aliphatic carbocycles. The number of amides is 2. The van der Waals surface area contributed by atoms with Crippen molar-refractivity contribution in [1.29, 1.82) is 0 Å². The Labute approximate surface area is 327 Å².